The van der Waals surface area contributed by atoms with Gasteiger partial charge in [0.15, 0.2) is 5.82 Å². The molecule has 7 heteroatoms. The van der Waals surface area contributed by atoms with Gasteiger partial charge in [0.1, 0.15) is 9.99 Å². The second-order valence-corrected chi connectivity index (χ2v) is 4.15. The van der Waals surface area contributed by atoms with Gasteiger partial charge in [-0.3, -0.25) is 4.79 Å². The van der Waals surface area contributed by atoms with Crippen molar-refractivity contribution in [3.05, 3.63) is 45.4 Å². The second-order valence-electron chi connectivity index (χ2n) is 3.36. The van der Waals surface area contributed by atoms with Gasteiger partial charge in [-0.25, -0.2) is 4.98 Å². The van der Waals surface area contributed by atoms with Crippen molar-refractivity contribution in [2.75, 3.05) is 0 Å². The van der Waals surface area contributed by atoms with Crippen LogP contribution in [0.25, 0.3) is 16.9 Å². The zero-order valence-electron chi connectivity index (χ0n) is 8.46. The number of H-pyrrole nitrogens is 1. The lowest BCUT2D eigenvalue weighted by Gasteiger charge is -2.01. The molecule has 0 aliphatic carbocycles. The van der Waals surface area contributed by atoms with Crippen LogP contribution in [0.1, 0.15) is 0 Å². The Morgan fingerprint density at radius 2 is 2.12 bits per heavy atom. The van der Waals surface area contributed by atoms with Crippen LogP contribution in [0.4, 0.5) is 0 Å². The van der Waals surface area contributed by atoms with E-state index in [9.17, 15) is 4.79 Å². The molecule has 3 rings (SSSR count). The van der Waals surface area contributed by atoms with Crippen LogP contribution in [-0.2, 0) is 0 Å². The fourth-order valence-electron chi connectivity index (χ4n) is 1.55. The Morgan fingerprint density at radius 1 is 1.29 bits per heavy atom. The molecular weight excluding hydrogens is 286 g/mol. The van der Waals surface area contributed by atoms with Crippen molar-refractivity contribution in [1.82, 2.24) is 25.0 Å². The number of aromatic amines is 1. The number of para-hydroxylation sites is 1. The van der Waals surface area contributed by atoms with E-state index >= 15 is 0 Å². The van der Waals surface area contributed by atoms with E-state index in [1.807, 2.05) is 24.3 Å². The van der Waals surface area contributed by atoms with E-state index in [0.29, 0.717) is 10.3 Å². The number of hydrogen-bond acceptors (Lipinski definition) is 4. The van der Waals surface area contributed by atoms with Gasteiger partial charge in [-0.15, -0.1) is 5.10 Å². The highest BCUT2D eigenvalue weighted by Gasteiger charge is 2.12. The monoisotopic (exact) mass is 291 g/mol. The number of rotatable bonds is 1. The summed E-state index contributed by atoms with van der Waals surface area (Å²) in [5, 5.41) is 7.99. The van der Waals surface area contributed by atoms with Crippen LogP contribution in [0.3, 0.4) is 0 Å². The first-order valence-corrected chi connectivity index (χ1v) is 5.60. The van der Waals surface area contributed by atoms with Crippen molar-refractivity contribution in [3.8, 4) is 5.82 Å². The predicted octanol–water partition coefficient (Wildman–Crippen LogP) is 1.27. The number of fused-ring (bicyclic) bond motifs is 1. The van der Waals surface area contributed by atoms with Gasteiger partial charge in [-0.2, -0.15) is 4.68 Å². The second kappa shape index (κ2) is 3.77. The van der Waals surface area contributed by atoms with E-state index in [1.165, 1.54) is 11.0 Å². The molecule has 6 nitrogen and oxygen atoms in total. The van der Waals surface area contributed by atoms with Crippen LogP contribution in [0.5, 0.6) is 0 Å². The van der Waals surface area contributed by atoms with Crippen molar-refractivity contribution in [1.29, 1.82) is 0 Å². The van der Waals surface area contributed by atoms with Crippen molar-refractivity contribution >= 4 is 27.0 Å². The van der Waals surface area contributed by atoms with Crippen molar-refractivity contribution in [2.24, 2.45) is 0 Å². The van der Waals surface area contributed by atoms with E-state index in [2.05, 4.69) is 36.2 Å². The number of benzene rings is 1. The summed E-state index contributed by atoms with van der Waals surface area (Å²) in [6, 6.07) is 7.47. The fraction of sp³-hybridized carbons (Fsp3) is 0. The normalized spacial score (nSPS) is 10.9. The first kappa shape index (κ1) is 10.2. The third kappa shape index (κ3) is 1.55. The Bertz CT molecular complexity index is 748. The zero-order valence-corrected chi connectivity index (χ0v) is 10.0. The summed E-state index contributed by atoms with van der Waals surface area (Å²) in [7, 11) is 0. The minimum absolute atomic E-state index is 0.255. The van der Waals surface area contributed by atoms with Crippen LogP contribution in [0.15, 0.2) is 39.9 Å². The molecule has 0 radical (unpaired) electrons. The van der Waals surface area contributed by atoms with Crippen LogP contribution in [-0.4, -0.2) is 25.0 Å². The Balaban J connectivity index is 2.35. The van der Waals surface area contributed by atoms with Gasteiger partial charge in [0.25, 0.3) is 5.56 Å². The summed E-state index contributed by atoms with van der Waals surface area (Å²) in [5.41, 5.74) is 1.29. The lowest BCUT2D eigenvalue weighted by molar-refractivity contribution is 0.789. The summed E-state index contributed by atoms with van der Waals surface area (Å²) in [5.74, 6) is 0.419. The summed E-state index contributed by atoms with van der Waals surface area (Å²) in [6.07, 6.45) is 1.33. The minimum Gasteiger partial charge on any atom is -0.312 e. The Morgan fingerprint density at radius 3 is 3.00 bits per heavy atom. The molecule has 0 aliphatic rings. The topological polar surface area (TPSA) is 76.5 Å². The Labute approximate surface area is 103 Å². The zero-order chi connectivity index (χ0) is 11.8. The third-order valence-electron chi connectivity index (χ3n) is 2.33. The average molecular weight is 292 g/mol. The van der Waals surface area contributed by atoms with Crippen LogP contribution in [0.2, 0.25) is 0 Å². The van der Waals surface area contributed by atoms with Crippen molar-refractivity contribution in [3.63, 3.8) is 0 Å². The first-order valence-electron chi connectivity index (χ1n) is 4.81. The highest BCUT2D eigenvalue weighted by Crippen LogP contribution is 2.17. The smallest absolute Gasteiger partial charge is 0.267 e. The first-order chi connectivity index (χ1) is 8.27. The fourth-order valence-corrected chi connectivity index (χ4v) is 1.93. The van der Waals surface area contributed by atoms with Gasteiger partial charge >= 0.3 is 0 Å². The standard InChI is InChI=1S/C10H6BrN5O/c11-8-9(12-5-13-10(8)17)16-7-4-2-1-3-6(7)14-15-16/h1-5H,(H,12,13,17). The van der Waals surface area contributed by atoms with Crippen LogP contribution < -0.4 is 5.56 Å². The largest absolute Gasteiger partial charge is 0.312 e. The molecule has 0 saturated carbocycles. The quantitative estimate of drug-likeness (QED) is 0.732. The highest BCUT2D eigenvalue weighted by atomic mass is 79.9. The molecule has 0 fully saturated rings. The Kier molecular flexibility index (Phi) is 2.25. The predicted molar refractivity (Wildman–Crippen MR) is 65.0 cm³/mol. The maximum atomic E-state index is 11.5. The van der Waals surface area contributed by atoms with E-state index < -0.39 is 0 Å². The van der Waals surface area contributed by atoms with E-state index in [0.717, 1.165) is 11.0 Å². The summed E-state index contributed by atoms with van der Waals surface area (Å²) >= 11 is 3.19. The third-order valence-corrected chi connectivity index (χ3v) is 3.05. The molecule has 0 spiro atoms. The number of aromatic nitrogens is 5. The lowest BCUT2D eigenvalue weighted by Crippen LogP contribution is -2.12. The minimum atomic E-state index is -0.255. The van der Waals surface area contributed by atoms with Gasteiger partial charge < -0.3 is 4.98 Å². The van der Waals surface area contributed by atoms with Gasteiger partial charge in [0.05, 0.1) is 11.8 Å². The summed E-state index contributed by atoms with van der Waals surface area (Å²) in [6.45, 7) is 0. The summed E-state index contributed by atoms with van der Waals surface area (Å²) in [4.78, 5) is 18.0. The van der Waals surface area contributed by atoms with Crippen molar-refractivity contribution in [2.45, 2.75) is 0 Å². The van der Waals surface area contributed by atoms with Gasteiger partial charge in [-0.05, 0) is 28.1 Å². The van der Waals surface area contributed by atoms with Crippen LogP contribution >= 0.6 is 15.9 Å². The molecule has 0 unspecified atom stereocenters. The number of nitrogens with zero attached hydrogens (tertiary/aromatic N) is 4. The maximum Gasteiger partial charge on any atom is 0.267 e. The average Bonchev–Trinajstić information content (AvgIpc) is 2.77. The molecule has 0 bridgehead atoms. The lowest BCUT2D eigenvalue weighted by atomic mass is 10.3. The molecule has 1 aromatic carbocycles. The van der Waals surface area contributed by atoms with E-state index in [4.69, 9.17) is 0 Å². The molecule has 2 heterocycles. The van der Waals surface area contributed by atoms with E-state index in [1.54, 1.807) is 0 Å². The van der Waals surface area contributed by atoms with Gasteiger partial charge in [-0.1, -0.05) is 17.3 Å². The molecule has 1 N–H and O–H groups in total. The summed E-state index contributed by atoms with van der Waals surface area (Å²) < 4.78 is 1.85. The molecule has 0 aliphatic heterocycles. The highest BCUT2D eigenvalue weighted by molar-refractivity contribution is 9.10. The van der Waals surface area contributed by atoms with Gasteiger partial charge in [0.2, 0.25) is 0 Å². The Hall–Kier alpha value is -2.02. The molecule has 0 atom stereocenters. The SMILES string of the molecule is O=c1[nH]cnc(-n2nnc3ccccc32)c1Br. The molecule has 84 valence electrons. The molecule has 0 saturated heterocycles. The van der Waals surface area contributed by atoms with Crippen molar-refractivity contribution < 1.29 is 0 Å². The van der Waals surface area contributed by atoms with Crippen LogP contribution in [0, 0.1) is 0 Å². The molecule has 3 aromatic rings. The molecular formula is C10H6BrN5O. The molecule has 0 amide bonds. The number of nitrogens with one attached hydrogen (secondary N) is 1. The van der Waals surface area contributed by atoms with E-state index in [-0.39, 0.29) is 5.56 Å². The molecule has 17 heavy (non-hydrogen) atoms. The number of halogens is 1. The number of hydrogen-bond donors (Lipinski definition) is 1. The molecule has 2 aromatic heterocycles. The van der Waals surface area contributed by atoms with Gasteiger partial charge in [0, 0.05) is 0 Å². The maximum absolute atomic E-state index is 11.5.